The average molecular weight is 515 g/mol. The highest BCUT2D eigenvalue weighted by atomic mass is 19.1. The first-order valence-electron chi connectivity index (χ1n) is 11.9. The number of ether oxygens (including phenoxy) is 2. The van der Waals surface area contributed by atoms with Crippen LogP contribution in [-0.2, 0) is 9.47 Å². The van der Waals surface area contributed by atoms with Crippen LogP contribution >= 0.6 is 0 Å². The fourth-order valence-electron chi connectivity index (χ4n) is 3.94. The highest BCUT2D eigenvalue weighted by Gasteiger charge is 2.30. The van der Waals surface area contributed by atoms with Gasteiger partial charge in [0.1, 0.15) is 23.6 Å². The SMILES string of the molecule is CC(c1ccc(-c2ccc(F)cc2F)cc1)N1CCC(CCCOC(N)=O)OC1=O.Fc1ccccc1. The number of hydrogen-bond acceptors (Lipinski definition) is 4. The summed E-state index contributed by atoms with van der Waals surface area (Å²) in [5.74, 6) is -1.42. The van der Waals surface area contributed by atoms with Gasteiger partial charge in [-0.15, -0.1) is 0 Å². The van der Waals surface area contributed by atoms with E-state index < -0.39 is 23.8 Å². The van der Waals surface area contributed by atoms with Gasteiger partial charge in [0, 0.05) is 24.6 Å². The molecule has 1 heterocycles. The number of rotatable bonds is 7. The summed E-state index contributed by atoms with van der Waals surface area (Å²) in [5.41, 5.74) is 6.73. The monoisotopic (exact) mass is 514 g/mol. The predicted molar refractivity (Wildman–Crippen MR) is 133 cm³/mol. The summed E-state index contributed by atoms with van der Waals surface area (Å²) in [7, 11) is 0. The first-order chi connectivity index (χ1) is 17.7. The van der Waals surface area contributed by atoms with Crippen LogP contribution in [-0.4, -0.2) is 36.3 Å². The lowest BCUT2D eigenvalue weighted by Crippen LogP contribution is -2.43. The summed E-state index contributed by atoms with van der Waals surface area (Å²) in [6, 6.07) is 18.3. The highest BCUT2D eigenvalue weighted by Crippen LogP contribution is 2.29. The van der Waals surface area contributed by atoms with Crippen molar-refractivity contribution in [3.05, 3.63) is 95.8 Å². The number of carbonyl (C=O) groups is 2. The molecule has 0 bridgehead atoms. The lowest BCUT2D eigenvalue weighted by molar-refractivity contribution is 0.00721. The van der Waals surface area contributed by atoms with Gasteiger partial charge in [-0.3, -0.25) is 0 Å². The first-order valence-corrected chi connectivity index (χ1v) is 11.9. The molecule has 2 amide bonds. The maximum absolute atomic E-state index is 14.0. The maximum Gasteiger partial charge on any atom is 0.410 e. The van der Waals surface area contributed by atoms with Gasteiger partial charge in [-0.2, -0.15) is 0 Å². The van der Waals surface area contributed by atoms with Crippen LogP contribution in [0.5, 0.6) is 0 Å². The Hall–Kier alpha value is -4.01. The van der Waals surface area contributed by atoms with Gasteiger partial charge in [0.05, 0.1) is 12.6 Å². The van der Waals surface area contributed by atoms with Crippen LogP contribution in [0.1, 0.15) is 37.8 Å². The Morgan fingerprint density at radius 2 is 1.76 bits per heavy atom. The Morgan fingerprint density at radius 1 is 1.05 bits per heavy atom. The Morgan fingerprint density at radius 3 is 2.32 bits per heavy atom. The van der Waals surface area contributed by atoms with Crippen LogP contribution in [0.15, 0.2) is 72.8 Å². The molecule has 2 N–H and O–H groups in total. The molecule has 9 heteroatoms. The second-order valence-corrected chi connectivity index (χ2v) is 8.52. The summed E-state index contributed by atoms with van der Waals surface area (Å²) >= 11 is 0. The minimum Gasteiger partial charge on any atom is -0.450 e. The van der Waals surface area contributed by atoms with Crippen LogP contribution < -0.4 is 5.73 Å². The molecular formula is C28H29F3N2O4. The van der Waals surface area contributed by atoms with Crippen molar-refractivity contribution in [3.63, 3.8) is 0 Å². The van der Waals surface area contributed by atoms with Crippen LogP contribution in [0, 0.1) is 17.5 Å². The molecule has 0 radical (unpaired) electrons. The van der Waals surface area contributed by atoms with Crippen LogP contribution in [0.25, 0.3) is 11.1 Å². The molecule has 0 spiro atoms. The molecule has 2 unspecified atom stereocenters. The largest absolute Gasteiger partial charge is 0.450 e. The van der Waals surface area contributed by atoms with E-state index >= 15 is 0 Å². The van der Waals surface area contributed by atoms with Crippen molar-refractivity contribution in [3.8, 4) is 11.1 Å². The molecule has 1 aliphatic heterocycles. The molecule has 196 valence electrons. The Bertz CT molecular complexity index is 1180. The van der Waals surface area contributed by atoms with Crippen molar-refractivity contribution in [1.29, 1.82) is 0 Å². The third-order valence-corrected chi connectivity index (χ3v) is 5.94. The van der Waals surface area contributed by atoms with Crippen LogP contribution in [0.3, 0.4) is 0 Å². The van der Waals surface area contributed by atoms with E-state index in [1.807, 2.05) is 19.1 Å². The number of cyclic esters (lactones) is 1. The molecule has 3 aromatic carbocycles. The fourth-order valence-corrected chi connectivity index (χ4v) is 3.94. The van der Waals surface area contributed by atoms with Gasteiger partial charge in [-0.1, -0.05) is 42.5 Å². The van der Waals surface area contributed by atoms with E-state index in [9.17, 15) is 22.8 Å². The predicted octanol–water partition coefficient (Wildman–Crippen LogP) is 6.60. The van der Waals surface area contributed by atoms with E-state index in [-0.39, 0.29) is 24.6 Å². The first kappa shape index (κ1) is 27.6. The second-order valence-electron chi connectivity index (χ2n) is 8.52. The van der Waals surface area contributed by atoms with Crippen molar-refractivity contribution < 1.29 is 32.2 Å². The van der Waals surface area contributed by atoms with E-state index in [0.29, 0.717) is 36.9 Å². The number of carbonyl (C=O) groups excluding carboxylic acids is 2. The van der Waals surface area contributed by atoms with E-state index in [4.69, 9.17) is 10.5 Å². The number of halogens is 3. The third kappa shape index (κ3) is 8.27. The summed E-state index contributed by atoms with van der Waals surface area (Å²) in [6.45, 7) is 2.63. The van der Waals surface area contributed by atoms with Crippen molar-refractivity contribution >= 4 is 12.2 Å². The van der Waals surface area contributed by atoms with E-state index in [0.717, 1.165) is 11.6 Å². The summed E-state index contributed by atoms with van der Waals surface area (Å²) in [5, 5.41) is 0. The molecule has 1 aliphatic rings. The lowest BCUT2D eigenvalue weighted by Gasteiger charge is -2.36. The van der Waals surface area contributed by atoms with Gasteiger partial charge in [-0.25, -0.2) is 22.8 Å². The van der Waals surface area contributed by atoms with Crippen molar-refractivity contribution in [2.24, 2.45) is 5.73 Å². The Balaban J connectivity index is 0.000000468. The molecule has 0 aromatic heterocycles. The number of nitrogens with zero attached hydrogens (tertiary/aromatic N) is 1. The maximum atomic E-state index is 14.0. The molecule has 2 atom stereocenters. The van der Waals surface area contributed by atoms with Gasteiger partial charge >= 0.3 is 12.2 Å². The van der Waals surface area contributed by atoms with Gasteiger partial charge in [0.15, 0.2) is 0 Å². The van der Waals surface area contributed by atoms with E-state index in [2.05, 4.69) is 4.74 Å². The summed E-state index contributed by atoms with van der Waals surface area (Å²) in [4.78, 5) is 24.6. The number of primary amides is 1. The fraction of sp³-hybridized carbons (Fsp3) is 0.286. The molecular weight excluding hydrogens is 485 g/mol. The molecule has 0 saturated carbocycles. The average Bonchev–Trinajstić information content (AvgIpc) is 2.87. The zero-order chi connectivity index (χ0) is 26.8. The van der Waals surface area contributed by atoms with Crippen LogP contribution in [0.2, 0.25) is 0 Å². The van der Waals surface area contributed by atoms with Gasteiger partial charge in [0.25, 0.3) is 0 Å². The number of hydrogen-bond donors (Lipinski definition) is 1. The molecule has 0 aliphatic carbocycles. The number of benzene rings is 3. The van der Waals surface area contributed by atoms with Crippen molar-refractivity contribution in [1.82, 2.24) is 4.90 Å². The molecule has 4 rings (SSSR count). The normalized spacial score (nSPS) is 15.7. The summed E-state index contributed by atoms with van der Waals surface area (Å²) < 4.78 is 49.2. The lowest BCUT2D eigenvalue weighted by atomic mass is 9.99. The quantitative estimate of drug-likeness (QED) is 0.360. The Labute approximate surface area is 213 Å². The Kier molecular flexibility index (Phi) is 9.94. The zero-order valence-electron chi connectivity index (χ0n) is 20.4. The van der Waals surface area contributed by atoms with Crippen molar-refractivity contribution in [2.45, 2.75) is 38.3 Å². The molecule has 37 heavy (non-hydrogen) atoms. The van der Waals surface area contributed by atoms with Crippen molar-refractivity contribution in [2.75, 3.05) is 13.2 Å². The zero-order valence-corrected chi connectivity index (χ0v) is 20.4. The molecule has 1 fully saturated rings. The topological polar surface area (TPSA) is 81.9 Å². The number of nitrogens with two attached hydrogens (primary N) is 1. The minimum atomic E-state index is -0.816. The van der Waals surface area contributed by atoms with E-state index in [1.165, 1.54) is 24.3 Å². The third-order valence-electron chi connectivity index (χ3n) is 5.94. The highest BCUT2D eigenvalue weighted by molar-refractivity contribution is 5.70. The van der Waals surface area contributed by atoms with Gasteiger partial charge < -0.3 is 20.1 Å². The van der Waals surface area contributed by atoms with Gasteiger partial charge in [0.2, 0.25) is 0 Å². The standard InChI is InChI=1S/C22H24F2N2O4.C6H5F/c1-14(26-11-10-18(30-22(26)28)3-2-12-29-21(25)27)15-4-6-16(7-5-15)19-9-8-17(23)13-20(19)24;7-6-4-2-1-3-5-6/h4-9,13-14,18H,2-3,10-12H2,1H3,(H2,25,27);1-5H. The van der Waals surface area contributed by atoms with Gasteiger partial charge in [-0.05, 0) is 55.2 Å². The second kappa shape index (κ2) is 13.3. The van der Waals surface area contributed by atoms with E-state index in [1.54, 1.807) is 35.2 Å². The number of amides is 2. The molecule has 1 saturated heterocycles. The minimum absolute atomic E-state index is 0.178. The molecule has 3 aromatic rings. The van der Waals surface area contributed by atoms with Crippen LogP contribution in [0.4, 0.5) is 22.8 Å². The smallest absolute Gasteiger partial charge is 0.410 e. The summed E-state index contributed by atoms with van der Waals surface area (Å²) in [6.07, 6.45) is 0.399. The molecule has 6 nitrogen and oxygen atoms in total.